The highest BCUT2D eigenvalue weighted by atomic mass is 32.1. The molecule has 0 saturated carbocycles. The minimum absolute atomic E-state index is 0.153. The van der Waals surface area contributed by atoms with Gasteiger partial charge in [0.15, 0.2) is 0 Å². The lowest BCUT2D eigenvalue weighted by Gasteiger charge is -2.14. The molecule has 0 bridgehead atoms. The highest BCUT2D eigenvalue weighted by Crippen LogP contribution is 2.28. The smallest absolute Gasteiger partial charge is 0.350 e. The molecular formula is C22H28N2O5S. The number of rotatable bonds is 8. The van der Waals surface area contributed by atoms with Gasteiger partial charge in [0.25, 0.3) is 0 Å². The van der Waals surface area contributed by atoms with E-state index in [9.17, 15) is 14.4 Å². The van der Waals surface area contributed by atoms with E-state index in [-0.39, 0.29) is 11.9 Å². The summed E-state index contributed by atoms with van der Waals surface area (Å²) < 4.78 is 4.70. The molecule has 0 spiro atoms. The predicted octanol–water partition coefficient (Wildman–Crippen LogP) is 3.95. The van der Waals surface area contributed by atoms with E-state index in [1.807, 2.05) is 49.6 Å². The Hall–Kier alpha value is -2.97. The number of ether oxygens (including phenoxy) is 1. The first-order valence-corrected chi connectivity index (χ1v) is 10.3. The van der Waals surface area contributed by atoms with Crippen molar-refractivity contribution < 1.29 is 24.2 Å². The van der Waals surface area contributed by atoms with E-state index >= 15 is 0 Å². The minimum Gasteiger partial charge on any atom is -0.478 e. The molecule has 2 rings (SSSR count). The van der Waals surface area contributed by atoms with Crippen molar-refractivity contribution in [2.45, 2.75) is 33.2 Å². The molecule has 1 aromatic carbocycles. The normalized spacial score (nSPS) is 11.3. The van der Waals surface area contributed by atoms with Crippen LogP contribution in [0, 0.1) is 6.92 Å². The Morgan fingerprint density at radius 2 is 1.90 bits per heavy atom. The van der Waals surface area contributed by atoms with Crippen molar-refractivity contribution in [2.24, 2.45) is 0 Å². The lowest BCUT2D eigenvalue weighted by Crippen LogP contribution is -2.38. The van der Waals surface area contributed by atoms with Crippen LogP contribution in [0.2, 0.25) is 0 Å². The number of aryl methyl sites for hydroxylation is 1. The second-order valence-electron chi connectivity index (χ2n) is 6.36. The van der Waals surface area contributed by atoms with Crippen molar-refractivity contribution in [2.75, 3.05) is 19.0 Å². The summed E-state index contributed by atoms with van der Waals surface area (Å²) in [5.41, 5.74) is 2.31. The second kappa shape index (κ2) is 13.3. The van der Waals surface area contributed by atoms with Crippen LogP contribution in [0.3, 0.4) is 0 Å². The molecule has 1 atom stereocenters. The Kier molecular flexibility index (Phi) is 11.1. The van der Waals surface area contributed by atoms with Crippen LogP contribution in [0.5, 0.6) is 0 Å². The van der Waals surface area contributed by atoms with Gasteiger partial charge in [0.1, 0.15) is 4.88 Å². The van der Waals surface area contributed by atoms with Gasteiger partial charge in [-0.3, -0.25) is 4.79 Å². The summed E-state index contributed by atoms with van der Waals surface area (Å²) >= 11 is 1.27. The molecule has 0 aliphatic rings. The quantitative estimate of drug-likeness (QED) is 0.431. The van der Waals surface area contributed by atoms with Crippen LogP contribution < -0.4 is 10.6 Å². The molecular weight excluding hydrogens is 404 g/mol. The van der Waals surface area contributed by atoms with Crippen molar-refractivity contribution >= 4 is 40.9 Å². The number of carboxylic acids is 1. The van der Waals surface area contributed by atoms with Crippen molar-refractivity contribution in [3.8, 4) is 0 Å². The predicted molar refractivity (Wildman–Crippen MR) is 120 cm³/mol. The third-order valence-electron chi connectivity index (χ3n) is 3.91. The molecule has 0 saturated heterocycles. The lowest BCUT2D eigenvalue weighted by atomic mass is 10.2. The maximum atomic E-state index is 12.0. The molecule has 1 amide bonds. The van der Waals surface area contributed by atoms with E-state index < -0.39 is 11.9 Å². The molecule has 3 N–H and O–H groups in total. The first kappa shape index (κ1) is 25.1. The summed E-state index contributed by atoms with van der Waals surface area (Å²) in [6.45, 7) is 6.46. The molecule has 1 unspecified atom stereocenters. The SMILES string of the molecule is CCCNC(C)C(=O)Nc1c(C)csc1C(=O)OC.O=C(O)/C=C/c1ccccc1. The highest BCUT2D eigenvalue weighted by Gasteiger charge is 2.20. The summed E-state index contributed by atoms with van der Waals surface area (Å²) in [7, 11) is 1.33. The Morgan fingerprint density at radius 3 is 2.47 bits per heavy atom. The van der Waals surface area contributed by atoms with E-state index in [4.69, 9.17) is 9.84 Å². The van der Waals surface area contributed by atoms with Crippen molar-refractivity contribution in [1.29, 1.82) is 0 Å². The number of benzene rings is 1. The molecule has 0 radical (unpaired) electrons. The fourth-order valence-corrected chi connectivity index (χ4v) is 3.18. The Balaban J connectivity index is 0.000000346. The standard InChI is InChI=1S/C13H20N2O3S.C9H8O2/c1-5-6-14-9(3)12(16)15-10-8(2)7-19-11(10)13(17)18-4;10-9(11)7-6-8-4-2-1-3-5-8/h7,9,14H,5-6H2,1-4H3,(H,15,16);1-7H,(H,10,11)/b;7-6+. The number of methoxy groups -OCH3 is 1. The fourth-order valence-electron chi connectivity index (χ4n) is 2.26. The monoisotopic (exact) mass is 432 g/mol. The largest absolute Gasteiger partial charge is 0.478 e. The first-order chi connectivity index (χ1) is 14.3. The molecule has 0 fully saturated rings. The third kappa shape index (κ3) is 8.59. The summed E-state index contributed by atoms with van der Waals surface area (Å²) in [5.74, 6) is -1.50. The van der Waals surface area contributed by atoms with Crippen LogP contribution >= 0.6 is 11.3 Å². The van der Waals surface area contributed by atoms with E-state index in [2.05, 4.69) is 10.6 Å². The lowest BCUT2D eigenvalue weighted by molar-refractivity contribution is -0.131. The van der Waals surface area contributed by atoms with E-state index in [0.29, 0.717) is 10.6 Å². The van der Waals surface area contributed by atoms with E-state index in [1.165, 1.54) is 18.4 Å². The van der Waals surface area contributed by atoms with Crippen LogP contribution in [-0.2, 0) is 14.3 Å². The van der Waals surface area contributed by atoms with Gasteiger partial charge in [-0.05, 0) is 49.4 Å². The molecule has 0 aliphatic carbocycles. The second-order valence-corrected chi connectivity index (χ2v) is 7.24. The number of carbonyl (C=O) groups is 3. The van der Waals surface area contributed by atoms with Gasteiger partial charge in [0.05, 0.1) is 18.8 Å². The van der Waals surface area contributed by atoms with E-state index in [1.54, 1.807) is 13.0 Å². The van der Waals surface area contributed by atoms with Crippen molar-refractivity contribution in [3.05, 3.63) is 57.8 Å². The van der Waals surface area contributed by atoms with Crippen LogP contribution in [-0.4, -0.2) is 42.6 Å². The maximum absolute atomic E-state index is 12.0. The maximum Gasteiger partial charge on any atom is 0.350 e. The number of carbonyl (C=O) groups excluding carboxylic acids is 2. The van der Waals surface area contributed by atoms with Gasteiger partial charge in [0, 0.05) is 6.08 Å². The number of hydrogen-bond acceptors (Lipinski definition) is 6. The number of thiophene rings is 1. The highest BCUT2D eigenvalue weighted by molar-refractivity contribution is 7.12. The number of carboxylic acid groups (broad SMARTS) is 1. The average Bonchev–Trinajstić information content (AvgIpc) is 3.11. The Bertz CT molecular complexity index is 862. The van der Waals surface area contributed by atoms with E-state index in [0.717, 1.165) is 30.2 Å². The zero-order valence-corrected chi connectivity index (χ0v) is 18.4. The Morgan fingerprint density at radius 1 is 1.23 bits per heavy atom. The van der Waals surface area contributed by atoms with Gasteiger partial charge >= 0.3 is 11.9 Å². The average molecular weight is 433 g/mol. The molecule has 2 aromatic rings. The number of anilines is 1. The van der Waals surface area contributed by atoms with Crippen molar-refractivity contribution in [1.82, 2.24) is 5.32 Å². The molecule has 1 aromatic heterocycles. The van der Waals surface area contributed by atoms with Gasteiger partial charge in [-0.15, -0.1) is 11.3 Å². The van der Waals surface area contributed by atoms with Gasteiger partial charge < -0.3 is 20.5 Å². The number of nitrogens with one attached hydrogen (secondary N) is 2. The van der Waals surface area contributed by atoms with Crippen molar-refractivity contribution in [3.63, 3.8) is 0 Å². The number of hydrogen-bond donors (Lipinski definition) is 3. The fraction of sp³-hybridized carbons (Fsp3) is 0.318. The van der Waals surface area contributed by atoms with Gasteiger partial charge in [-0.1, -0.05) is 37.3 Å². The molecule has 162 valence electrons. The topological polar surface area (TPSA) is 105 Å². The van der Waals surface area contributed by atoms with Gasteiger partial charge in [-0.2, -0.15) is 0 Å². The summed E-state index contributed by atoms with van der Waals surface area (Å²) in [4.78, 5) is 34.1. The van der Waals surface area contributed by atoms with Crippen LogP contribution in [0.4, 0.5) is 5.69 Å². The van der Waals surface area contributed by atoms with Crippen LogP contribution in [0.25, 0.3) is 6.08 Å². The molecule has 1 heterocycles. The summed E-state index contributed by atoms with van der Waals surface area (Å²) in [5, 5.41) is 16.0. The first-order valence-electron chi connectivity index (χ1n) is 9.46. The summed E-state index contributed by atoms with van der Waals surface area (Å²) in [6, 6.07) is 9.00. The molecule has 8 heteroatoms. The van der Waals surface area contributed by atoms with Crippen LogP contribution in [0.15, 0.2) is 41.8 Å². The number of esters is 1. The molecule has 7 nitrogen and oxygen atoms in total. The zero-order valence-electron chi connectivity index (χ0n) is 17.6. The minimum atomic E-state index is -0.922. The third-order valence-corrected chi connectivity index (χ3v) is 4.98. The molecule has 0 aliphatic heterocycles. The zero-order chi connectivity index (χ0) is 22.5. The number of aliphatic carboxylic acids is 1. The summed E-state index contributed by atoms with van der Waals surface area (Å²) in [6.07, 6.45) is 3.64. The van der Waals surface area contributed by atoms with Gasteiger partial charge in [-0.25, -0.2) is 9.59 Å². The van der Waals surface area contributed by atoms with Gasteiger partial charge in [0.2, 0.25) is 5.91 Å². The number of amides is 1. The van der Waals surface area contributed by atoms with Crippen LogP contribution in [0.1, 0.15) is 41.1 Å². The molecule has 30 heavy (non-hydrogen) atoms. The Labute approximate surface area is 180 Å².